The van der Waals surface area contributed by atoms with Gasteiger partial charge in [0.2, 0.25) is 5.91 Å². The Hall–Kier alpha value is -4.02. The number of rotatable bonds is 12. The summed E-state index contributed by atoms with van der Waals surface area (Å²) in [4.78, 5) is 40.2. The van der Waals surface area contributed by atoms with Crippen molar-refractivity contribution in [1.82, 2.24) is 20.4 Å². The van der Waals surface area contributed by atoms with Gasteiger partial charge < -0.3 is 24.8 Å². The van der Waals surface area contributed by atoms with Crippen molar-refractivity contribution in [2.24, 2.45) is 0 Å². The SMILES string of the molecule is CC(C)(C)OC(=O)c1cc(C(=O)N[C@H]2CCCC[C@@H]2OCc2ccccc2)n(CC(=O)N[C@H]2CCCC[C@@H]2OCc2ccccc2)n1. The van der Waals surface area contributed by atoms with E-state index in [1.54, 1.807) is 20.8 Å². The lowest BCUT2D eigenvalue weighted by Crippen LogP contribution is -2.48. The Morgan fingerprint density at radius 2 is 1.28 bits per heavy atom. The van der Waals surface area contributed by atoms with Crippen LogP contribution in [0.3, 0.4) is 0 Å². The Morgan fingerprint density at radius 3 is 1.81 bits per heavy atom. The first-order valence-electron chi connectivity index (χ1n) is 16.9. The van der Waals surface area contributed by atoms with Gasteiger partial charge in [0, 0.05) is 6.07 Å². The van der Waals surface area contributed by atoms with E-state index in [9.17, 15) is 14.4 Å². The van der Waals surface area contributed by atoms with Crippen molar-refractivity contribution in [3.05, 3.63) is 89.2 Å². The van der Waals surface area contributed by atoms with E-state index in [0.29, 0.717) is 13.2 Å². The Labute approximate surface area is 277 Å². The van der Waals surface area contributed by atoms with E-state index in [2.05, 4.69) is 15.7 Å². The highest BCUT2D eigenvalue weighted by Gasteiger charge is 2.32. The third-order valence-corrected chi connectivity index (χ3v) is 8.60. The number of hydrogen-bond acceptors (Lipinski definition) is 7. The quantitative estimate of drug-likeness (QED) is 0.241. The van der Waals surface area contributed by atoms with Crippen molar-refractivity contribution in [1.29, 1.82) is 0 Å². The number of ether oxygens (including phenoxy) is 3. The molecule has 3 aromatic rings. The summed E-state index contributed by atoms with van der Waals surface area (Å²) in [5, 5.41) is 10.6. The number of nitrogens with one attached hydrogen (secondary N) is 2. The fourth-order valence-corrected chi connectivity index (χ4v) is 6.26. The van der Waals surface area contributed by atoms with Crippen LogP contribution in [0.25, 0.3) is 0 Å². The third-order valence-electron chi connectivity index (χ3n) is 8.60. The molecule has 0 aliphatic heterocycles. The highest BCUT2D eigenvalue weighted by atomic mass is 16.6. The molecule has 1 aromatic heterocycles. The van der Waals surface area contributed by atoms with Gasteiger partial charge in [0.15, 0.2) is 5.69 Å². The molecule has 2 amide bonds. The molecule has 1 heterocycles. The summed E-state index contributed by atoms with van der Waals surface area (Å²) in [6, 6.07) is 21.0. The zero-order chi connectivity index (χ0) is 33.2. The summed E-state index contributed by atoms with van der Waals surface area (Å²) in [6.07, 6.45) is 6.98. The maximum atomic E-state index is 13.8. The highest BCUT2D eigenvalue weighted by Crippen LogP contribution is 2.25. The number of carbonyl (C=O) groups excluding carboxylic acids is 3. The van der Waals surface area contributed by atoms with Crippen LogP contribution >= 0.6 is 0 Å². The molecule has 4 atom stereocenters. The van der Waals surface area contributed by atoms with Crippen LogP contribution in [0, 0.1) is 0 Å². The summed E-state index contributed by atoms with van der Waals surface area (Å²) in [5.74, 6) is -1.38. The number of amides is 2. The van der Waals surface area contributed by atoms with Gasteiger partial charge in [-0.1, -0.05) is 86.3 Å². The fourth-order valence-electron chi connectivity index (χ4n) is 6.26. The summed E-state index contributed by atoms with van der Waals surface area (Å²) >= 11 is 0. The smallest absolute Gasteiger partial charge is 0.359 e. The lowest BCUT2D eigenvalue weighted by atomic mass is 9.92. The maximum absolute atomic E-state index is 13.8. The summed E-state index contributed by atoms with van der Waals surface area (Å²) in [7, 11) is 0. The van der Waals surface area contributed by atoms with Crippen molar-refractivity contribution in [3.8, 4) is 0 Å². The van der Waals surface area contributed by atoms with Gasteiger partial charge in [0.1, 0.15) is 17.8 Å². The Morgan fingerprint density at radius 1 is 0.766 bits per heavy atom. The second kappa shape index (κ2) is 16.2. The molecule has 0 saturated heterocycles. The van der Waals surface area contributed by atoms with E-state index in [-0.39, 0.29) is 48.1 Å². The number of nitrogens with zero attached hydrogens (tertiary/aromatic N) is 2. The van der Waals surface area contributed by atoms with Crippen LogP contribution in [0.15, 0.2) is 66.7 Å². The van der Waals surface area contributed by atoms with Gasteiger partial charge in [-0.3, -0.25) is 9.59 Å². The molecule has 10 heteroatoms. The zero-order valence-electron chi connectivity index (χ0n) is 27.8. The van der Waals surface area contributed by atoms with Crippen molar-refractivity contribution in [2.45, 2.75) is 122 Å². The predicted molar refractivity (Wildman–Crippen MR) is 178 cm³/mol. The maximum Gasteiger partial charge on any atom is 0.359 e. The van der Waals surface area contributed by atoms with Crippen LogP contribution in [0.2, 0.25) is 0 Å². The number of aromatic nitrogens is 2. The molecule has 10 nitrogen and oxygen atoms in total. The molecule has 0 bridgehead atoms. The van der Waals surface area contributed by atoms with E-state index >= 15 is 0 Å². The minimum Gasteiger partial charge on any atom is -0.455 e. The van der Waals surface area contributed by atoms with Gasteiger partial charge in [-0.25, -0.2) is 9.48 Å². The number of hydrogen-bond donors (Lipinski definition) is 2. The van der Waals surface area contributed by atoms with Crippen LogP contribution in [-0.2, 0) is 38.8 Å². The second-order valence-electron chi connectivity index (χ2n) is 13.6. The van der Waals surface area contributed by atoms with Crippen LogP contribution in [-0.4, -0.2) is 57.5 Å². The minimum absolute atomic E-state index is 0.0277. The molecule has 0 radical (unpaired) electrons. The Kier molecular flexibility index (Phi) is 11.8. The van der Waals surface area contributed by atoms with E-state index in [4.69, 9.17) is 14.2 Å². The van der Waals surface area contributed by atoms with Crippen molar-refractivity contribution in [3.63, 3.8) is 0 Å². The number of carbonyl (C=O) groups is 3. The van der Waals surface area contributed by atoms with Crippen molar-refractivity contribution >= 4 is 17.8 Å². The molecule has 2 aliphatic rings. The lowest BCUT2D eigenvalue weighted by Gasteiger charge is -2.32. The molecule has 252 valence electrons. The summed E-state index contributed by atoms with van der Waals surface area (Å²) < 4.78 is 19.3. The lowest BCUT2D eigenvalue weighted by molar-refractivity contribution is -0.124. The predicted octanol–water partition coefficient (Wildman–Crippen LogP) is 5.74. The van der Waals surface area contributed by atoms with E-state index in [1.807, 2.05) is 60.7 Å². The number of esters is 1. The summed E-state index contributed by atoms with van der Waals surface area (Å²) in [6.45, 7) is 5.99. The Bertz CT molecular complexity index is 1470. The average Bonchev–Trinajstić information content (AvgIpc) is 3.48. The largest absolute Gasteiger partial charge is 0.455 e. The molecule has 0 unspecified atom stereocenters. The van der Waals surface area contributed by atoms with Gasteiger partial charge in [0.25, 0.3) is 5.91 Å². The normalized spacial score (nSPS) is 21.5. The van der Waals surface area contributed by atoms with E-state index < -0.39 is 17.5 Å². The van der Waals surface area contributed by atoms with Crippen molar-refractivity contribution in [2.75, 3.05) is 0 Å². The molecule has 5 rings (SSSR count). The molecule has 2 saturated carbocycles. The van der Waals surface area contributed by atoms with E-state index in [1.165, 1.54) is 10.7 Å². The molecular formula is C37H48N4O6. The molecule has 0 spiro atoms. The highest BCUT2D eigenvalue weighted by molar-refractivity contribution is 5.96. The summed E-state index contributed by atoms with van der Waals surface area (Å²) in [5.41, 5.74) is 1.49. The zero-order valence-corrected chi connectivity index (χ0v) is 27.8. The molecular weight excluding hydrogens is 596 g/mol. The molecule has 2 aromatic carbocycles. The second-order valence-corrected chi connectivity index (χ2v) is 13.6. The first-order chi connectivity index (χ1) is 22.6. The van der Waals surface area contributed by atoms with Gasteiger partial charge in [-0.05, 0) is 57.6 Å². The van der Waals surface area contributed by atoms with Crippen LogP contribution in [0.4, 0.5) is 0 Å². The van der Waals surface area contributed by atoms with Crippen LogP contribution in [0.5, 0.6) is 0 Å². The molecule has 2 fully saturated rings. The topological polar surface area (TPSA) is 121 Å². The third kappa shape index (κ3) is 10.2. The first-order valence-corrected chi connectivity index (χ1v) is 16.9. The van der Waals surface area contributed by atoms with Crippen LogP contribution in [0.1, 0.15) is 104 Å². The molecule has 2 N–H and O–H groups in total. The van der Waals surface area contributed by atoms with Crippen LogP contribution < -0.4 is 10.6 Å². The number of benzene rings is 2. The standard InChI is InChI=1S/C37H48N4O6/c1-37(2,3)47-36(44)30-22-31(35(43)39-29-19-11-13-21-33(29)46-25-27-16-8-5-9-17-27)41(40-30)23-34(42)38-28-18-10-12-20-32(28)45-24-26-14-6-4-7-15-26/h4-9,14-17,22,28-29,32-33H,10-13,18-21,23-25H2,1-3H3,(H,38,42)(H,39,43)/t28-,29-,32-,33-/m0/s1. The molecule has 47 heavy (non-hydrogen) atoms. The first kappa shape index (κ1) is 34.3. The van der Waals surface area contributed by atoms with Crippen molar-refractivity contribution < 1.29 is 28.6 Å². The minimum atomic E-state index is -0.748. The fraction of sp³-hybridized carbons (Fsp3) is 0.514. The van der Waals surface area contributed by atoms with Gasteiger partial charge >= 0.3 is 5.97 Å². The monoisotopic (exact) mass is 644 g/mol. The Balaban J connectivity index is 1.27. The van der Waals surface area contributed by atoms with Gasteiger partial charge in [-0.2, -0.15) is 5.10 Å². The van der Waals surface area contributed by atoms with Gasteiger partial charge in [0.05, 0.1) is 37.5 Å². The molecule has 2 aliphatic carbocycles. The average molecular weight is 645 g/mol. The van der Waals surface area contributed by atoms with Gasteiger partial charge in [-0.15, -0.1) is 0 Å². The van der Waals surface area contributed by atoms with E-state index in [0.717, 1.165) is 62.5 Å².